The molecule has 0 unspecified atom stereocenters. The fourth-order valence-corrected chi connectivity index (χ4v) is 2.82. The predicted molar refractivity (Wildman–Crippen MR) is 83.1 cm³/mol. The van der Waals surface area contributed by atoms with Gasteiger partial charge in [0, 0.05) is 18.8 Å². The molecule has 0 spiro atoms. The summed E-state index contributed by atoms with van der Waals surface area (Å²) in [5, 5.41) is 3.33. The third-order valence-corrected chi connectivity index (χ3v) is 3.59. The van der Waals surface area contributed by atoms with Crippen molar-refractivity contribution in [3.05, 3.63) is 23.2 Å². The molecule has 1 fully saturated rings. The van der Waals surface area contributed by atoms with Crippen LogP contribution in [0.4, 0.5) is 5.69 Å². The number of methoxy groups -OCH3 is 1. The van der Waals surface area contributed by atoms with Crippen LogP contribution in [0.25, 0.3) is 0 Å². The molecule has 0 bridgehead atoms. The molecule has 0 radical (unpaired) electrons. The summed E-state index contributed by atoms with van der Waals surface area (Å²) in [6.45, 7) is 5.91. The number of nitrogens with one attached hydrogen (secondary N) is 1. The third-order valence-electron chi connectivity index (χ3n) is 3.30. The summed E-state index contributed by atoms with van der Waals surface area (Å²) in [5.74, 6) is 0.531. The Balaban J connectivity index is 1.91. The van der Waals surface area contributed by atoms with E-state index < -0.39 is 0 Å². The molecule has 1 amide bonds. The second-order valence-electron chi connectivity index (χ2n) is 5.35. The van der Waals surface area contributed by atoms with Gasteiger partial charge in [-0.2, -0.15) is 0 Å². The normalized spacial score (nSPS) is 22.9. The number of amides is 1. The average molecular weight is 313 g/mol. The van der Waals surface area contributed by atoms with Gasteiger partial charge in [-0.3, -0.25) is 9.69 Å². The molecule has 1 N–H and O–H groups in total. The van der Waals surface area contributed by atoms with Gasteiger partial charge in [-0.15, -0.1) is 0 Å². The number of carbonyl (C=O) groups is 1. The van der Waals surface area contributed by atoms with E-state index in [9.17, 15) is 4.79 Å². The molecule has 1 aliphatic rings. The summed E-state index contributed by atoms with van der Waals surface area (Å²) in [5.41, 5.74) is 0.667. The van der Waals surface area contributed by atoms with E-state index in [1.165, 1.54) is 0 Å². The number of benzene rings is 1. The summed E-state index contributed by atoms with van der Waals surface area (Å²) >= 11 is 6.04. The highest BCUT2D eigenvalue weighted by molar-refractivity contribution is 6.32. The van der Waals surface area contributed by atoms with Crippen molar-refractivity contribution in [3.63, 3.8) is 0 Å². The van der Waals surface area contributed by atoms with Crippen LogP contribution >= 0.6 is 11.6 Å². The van der Waals surface area contributed by atoms with Gasteiger partial charge in [0.2, 0.25) is 5.91 Å². The minimum Gasteiger partial charge on any atom is -0.495 e. The van der Waals surface area contributed by atoms with Crippen LogP contribution in [0.2, 0.25) is 5.02 Å². The molecule has 1 heterocycles. The van der Waals surface area contributed by atoms with Gasteiger partial charge in [-0.05, 0) is 32.0 Å². The fourth-order valence-electron chi connectivity index (χ4n) is 2.56. The van der Waals surface area contributed by atoms with Gasteiger partial charge in [0.15, 0.2) is 0 Å². The van der Waals surface area contributed by atoms with Crippen LogP contribution in [0, 0.1) is 0 Å². The number of hydrogen-bond donors (Lipinski definition) is 1. The molecule has 1 saturated heterocycles. The monoisotopic (exact) mass is 312 g/mol. The fraction of sp³-hybridized carbons (Fsp3) is 0.533. The van der Waals surface area contributed by atoms with Gasteiger partial charge in [0.05, 0.1) is 30.9 Å². The molecule has 0 saturated carbocycles. The Labute approximate surface area is 130 Å². The minimum atomic E-state index is -0.0578. The van der Waals surface area contributed by atoms with Crippen molar-refractivity contribution < 1.29 is 14.3 Å². The molecule has 2 atom stereocenters. The number of morpholine rings is 1. The average Bonchev–Trinajstić information content (AvgIpc) is 2.37. The molecule has 116 valence electrons. The lowest BCUT2D eigenvalue weighted by Gasteiger charge is -2.34. The van der Waals surface area contributed by atoms with E-state index in [1.54, 1.807) is 25.3 Å². The first-order chi connectivity index (χ1) is 9.97. The summed E-state index contributed by atoms with van der Waals surface area (Å²) < 4.78 is 10.7. The standard InChI is InChI=1S/C15H21ClN2O3/c1-10-7-18(8-11(2)21-10)9-15(19)17-12-4-5-14(20-3)13(16)6-12/h4-6,10-11H,7-9H2,1-3H3,(H,17,19)/t10-,11+. The van der Waals surface area contributed by atoms with Crippen LogP contribution in [-0.4, -0.2) is 49.8 Å². The Morgan fingerprint density at radius 3 is 2.67 bits per heavy atom. The highest BCUT2D eigenvalue weighted by atomic mass is 35.5. The molecule has 1 aliphatic heterocycles. The van der Waals surface area contributed by atoms with Gasteiger partial charge in [-0.1, -0.05) is 11.6 Å². The van der Waals surface area contributed by atoms with E-state index >= 15 is 0 Å². The lowest BCUT2D eigenvalue weighted by molar-refractivity contribution is -0.121. The summed E-state index contributed by atoms with van der Waals surface area (Å²) in [7, 11) is 1.56. The molecular formula is C15H21ClN2O3. The van der Waals surface area contributed by atoms with E-state index in [0.717, 1.165) is 13.1 Å². The zero-order chi connectivity index (χ0) is 15.4. The minimum absolute atomic E-state index is 0.0578. The maximum atomic E-state index is 12.1. The first-order valence-corrected chi connectivity index (χ1v) is 7.37. The Morgan fingerprint density at radius 1 is 1.43 bits per heavy atom. The Bertz CT molecular complexity index is 500. The molecule has 0 aliphatic carbocycles. The second-order valence-corrected chi connectivity index (χ2v) is 5.76. The maximum Gasteiger partial charge on any atom is 0.238 e. The molecule has 5 nitrogen and oxygen atoms in total. The Hall–Kier alpha value is -1.30. The zero-order valence-electron chi connectivity index (χ0n) is 12.6. The molecular weight excluding hydrogens is 292 g/mol. The van der Waals surface area contributed by atoms with E-state index in [4.69, 9.17) is 21.1 Å². The summed E-state index contributed by atoms with van der Waals surface area (Å²) in [6.07, 6.45) is 0.300. The number of anilines is 1. The smallest absolute Gasteiger partial charge is 0.238 e. The molecule has 21 heavy (non-hydrogen) atoms. The quantitative estimate of drug-likeness (QED) is 0.927. The molecule has 0 aromatic heterocycles. The summed E-state index contributed by atoms with van der Waals surface area (Å²) in [4.78, 5) is 14.2. The van der Waals surface area contributed by atoms with Crippen LogP contribution in [0.5, 0.6) is 5.75 Å². The maximum absolute atomic E-state index is 12.1. The largest absolute Gasteiger partial charge is 0.495 e. The Kier molecular flexibility index (Phi) is 5.45. The number of rotatable bonds is 4. The lowest BCUT2D eigenvalue weighted by Crippen LogP contribution is -2.48. The molecule has 1 aromatic rings. The van der Waals surface area contributed by atoms with Gasteiger partial charge < -0.3 is 14.8 Å². The number of carbonyl (C=O) groups excluding carboxylic acids is 1. The van der Waals surface area contributed by atoms with E-state index in [-0.39, 0.29) is 18.1 Å². The molecule has 2 rings (SSSR count). The third kappa shape index (κ3) is 4.59. The van der Waals surface area contributed by atoms with Gasteiger partial charge in [0.1, 0.15) is 5.75 Å². The topological polar surface area (TPSA) is 50.8 Å². The molecule has 6 heteroatoms. The van der Waals surface area contributed by atoms with Crippen molar-refractivity contribution in [1.29, 1.82) is 0 Å². The number of hydrogen-bond acceptors (Lipinski definition) is 4. The highest BCUT2D eigenvalue weighted by Crippen LogP contribution is 2.27. The van der Waals surface area contributed by atoms with Crippen molar-refractivity contribution in [1.82, 2.24) is 4.90 Å². The van der Waals surface area contributed by atoms with Gasteiger partial charge >= 0.3 is 0 Å². The first kappa shape index (κ1) is 16.1. The lowest BCUT2D eigenvalue weighted by atomic mass is 10.2. The first-order valence-electron chi connectivity index (χ1n) is 6.99. The van der Waals surface area contributed by atoms with Crippen molar-refractivity contribution in [2.24, 2.45) is 0 Å². The van der Waals surface area contributed by atoms with Gasteiger partial charge in [-0.25, -0.2) is 0 Å². The van der Waals surface area contributed by atoms with Crippen molar-refractivity contribution in [3.8, 4) is 5.75 Å². The number of halogens is 1. The van der Waals surface area contributed by atoms with Crippen LogP contribution in [0.15, 0.2) is 18.2 Å². The van der Waals surface area contributed by atoms with E-state index in [1.807, 2.05) is 13.8 Å². The second kappa shape index (κ2) is 7.11. The summed E-state index contributed by atoms with van der Waals surface area (Å²) in [6, 6.07) is 5.19. The van der Waals surface area contributed by atoms with Crippen molar-refractivity contribution in [2.45, 2.75) is 26.1 Å². The predicted octanol–water partition coefficient (Wildman–Crippen LogP) is 2.40. The van der Waals surface area contributed by atoms with Crippen LogP contribution in [0.1, 0.15) is 13.8 Å². The Morgan fingerprint density at radius 2 is 2.10 bits per heavy atom. The number of ether oxygens (including phenoxy) is 2. The van der Waals surface area contributed by atoms with Crippen molar-refractivity contribution >= 4 is 23.2 Å². The van der Waals surface area contributed by atoms with E-state index in [0.29, 0.717) is 23.0 Å². The van der Waals surface area contributed by atoms with Gasteiger partial charge in [0.25, 0.3) is 0 Å². The SMILES string of the molecule is COc1ccc(NC(=O)CN2C[C@@H](C)O[C@@H](C)C2)cc1Cl. The molecule has 1 aromatic carbocycles. The van der Waals surface area contributed by atoms with Crippen LogP contribution in [0.3, 0.4) is 0 Å². The van der Waals surface area contributed by atoms with Crippen molar-refractivity contribution in [2.75, 3.05) is 32.1 Å². The van der Waals surface area contributed by atoms with Crippen LogP contribution in [-0.2, 0) is 9.53 Å². The highest BCUT2D eigenvalue weighted by Gasteiger charge is 2.23. The van der Waals surface area contributed by atoms with Crippen LogP contribution < -0.4 is 10.1 Å². The number of nitrogens with zero attached hydrogens (tertiary/aromatic N) is 1. The van der Waals surface area contributed by atoms with E-state index in [2.05, 4.69) is 10.2 Å². The zero-order valence-corrected chi connectivity index (χ0v) is 13.3.